The molecule has 1 fully saturated rings. The molecule has 0 radical (unpaired) electrons. The normalized spacial score (nSPS) is 28.0. The molecule has 5 rings (SSSR count). The molecule has 36 heavy (non-hydrogen) atoms. The van der Waals surface area contributed by atoms with E-state index < -0.39 is 35.3 Å². The number of benzene rings is 3. The summed E-state index contributed by atoms with van der Waals surface area (Å²) in [5.74, 6) is 0.865. The summed E-state index contributed by atoms with van der Waals surface area (Å²) < 4.78 is 23.1. The largest absolute Gasteiger partial charge is 0.497 e. The van der Waals surface area contributed by atoms with Crippen molar-refractivity contribution in [1.82, 2.24) is 5.32 Å². The molecule has 5 N–H and O–H groups in total. The Morgan fingerprint density at radius 2 is 1.64 bits per heavy atom. The van der Waals surface area contributed by atoms with Gasteiger partial charge >= 0.3 is 6.03 Å². The molecule has 0 unspecified atom stereocenters. The fourth-order valence-electron chi connectivity index (χ4n) is 5.83. The van der Waals surface area contributed by atoms with Crippen molar-refractivity contribution in [3.05, 3.63) is 83.4 Å². The molecule has 188 valence electrons. The van der Waals surface area contributed by atoms with Crippen LogP contribution in [0.15, 0.2) is 66.7 Å². The molecule has 5 atom stereocenters. The van der Waals surface area contributed by atoms with Crippen LogP contribution in [0.5, 0.6) is 23.0 Å². The number of urea groups is 1. The summed E-state index contributed by atoms with van der Waals surface area (Å²) in [6.45, 7) is 0. The van der Waals surface area contributed by atoms with Gasteiger partial charge in [-0.15, -0.1) is 0 Å². The van der Waals surface area contributed by atoms with Gasteiger partial charge in [0.15, 0.2) is 11.2 Å². The molecule has 1 aliphatic heterocycles. The summed E-state index contributed by atoms with van der Waals surface area (Å²) in [7, 11) is 4.53. The van der Waals surface area contributed by atoms with E-state index >= 15 is 0 Å². The van der Waals surface area contributed by atoms with E-state index in [-0.39, 0.29) is 11.3 Å². The smallest absolute Gasteiger partial charge is 0.312 e. The molecule has 1 heterocycles. The van der Waals surface area contributed by atoms with E-state index in [4.69, 9.17) is 24.7 Å². The lowest BCUT2D eigenvalue weighted by Gasteiger charge is -2.40. The highest BCUT2D eigenvalue weighted by atomic mass is 16.5. The van der Waals surface area contributed by atoms with Gasteiger partial charge in [0, 0.05) is 12.1 Å². The second kappa shape index (κ2) is 8.61. The number of amides is 2. The fraction of sp³-hybridized carbons (Fsp3) is 0.296. The molecule has 2 aliphatic rings. The molecular weight excluding hydrogens is 464 g/mol. The van der Waals surface area contributed by atoms with Crippen molar-refractivity contribution in [2.75, 3.05) is 21.3 Å². The lowest BCUT2D eigenvalue weighted by molar-refractivity contribution is -0.150. The van der Waals surface area contributed by atoms with Gasteiger partial charge in [0.2, 0.25) is 0 Å². The Kier molecular flexibility index (Phi) is 5.69. The molecule has 9 nitrogen and oxygen atoms in total. The van der Waals surface area contributed by atoms with Crippen LogP contribution in [0.4, 0.5) is 4.79 Å². The van der Waals surface area contributed by atoms with E-state index in [0.29, 0.717) is 22.8 Å². The second-order valence-electron chi connectivity index (χ2n) is 8.90. The molecular formula is C27H28N2O7. The first-order valence-corrected chi connectivity index (χ1v) is 11.4. The minimum Gasteiger partial charge on any atom is -0.497 e. The zero-order chi connectivity index (χ0) is 25.7. The molecule has 1 aliphatic carbocycles. The van der Waals surface area contributed by atoms with Crippen LogP contribution < -0.4 is 30.0 Å². The Labute approximate surface area is 208 Å². The standard InChI is InChI=1S/C27H28N2O7/c1-33-17-11-9-16(10-12-17)27-21(15-7-5-4-6-8-15)23(29-25(28)31)24(30)26(27,32)22-19(35-3)13-18(34-2)14-20(22)36-27/h4-14,21,23-24,30,32H,1-3H3,(H3,28,29,31)/t21-,23-,24-,26+,27+/m1/s1. The summed E-state index contributed by atoms with van der Waals surface area (Å²) in [5.41, 5.74) is 3.43. The number of hydrogen-bond acceptors (Lipinski definition) is 7. The van der Waals surface area contributed by atoms with E-state index in [1.54, 1.807) is 43.5 Å². The van der Waals surface area contributed by atoms with Gasteiger partial charge in [0.1, 0.15) is 29.1 Å². The highest BCUT2D eigenvalue weighted by Crippen LogP contribution is 2.68. The number of carbonyl (C=O) groups is 1. The topological polar surface area (TPSA) is 132 Å². The first-order chi connectivity index (χ1) is 17.3. The molecule has 3 aromatic carbocycles. The van der Waals surface area contributed by atoms with Gasteiger partial charge in [-0.25, -0.2) is 4.79 Å². The molecule has 3 aromatic rings. The van der Waals surface area contributed by atoms with E-state index in [1.165, 1.54) is 14.2 Å². The molecule has 0 bridgehead atoms. The minimum atomic E-state index is -2.05. The van der Waals surface area contributed by atoms with Crippen LogP contribution in [-0.4, -0.2) is 49.7 Å². The Hall–Kier alpha value is -3.95. The molecule has 2 amide bonds. The van der Waals surface area contributed by atoms with Gasteiger partial charge in [0.25, 0.3) is 0 Å². The number of methoxy groups -OCH3 is 3. The summed E-state index contributed by atoms with van der Waals surface area (Å²) in [5, 5.41) is 27.1. The predicted molar refractivity (Wildman–Crippen MR) is 130 cm³/mol. The zero-order valence-electron chi connectivity index (χ0n) is 20.1. The summed E-state index contributed by atoms with van der Waals surface area (Å²) in [6.07, 6.45) is -1.53. The Balaban J connectivity index is 1.86. The van der Waals surface area contributed by atoms with Crippen LogP contribution in [0.3, 0.4) is 0 Å². The number of nitrogens with two attached hydrogens (primary N) is 1. The van der Waals surface area contributed by atoms with Gasteiger partial charge < -0.3 is 40.2 Å². The number of aliphatic hydroxyl groups excluding tert-OH is 1. The number of fused-ring (bicyclic) bond motifs is 3. The van der Waals surface area contributed by atoms with Crippen molar-refractivity contribution in [2.24, 2.45) is 5.73 Å². The van der Waals surface area contributed by atoms with E-state index in [1.807, 2.05) is 30.3 Å². The molecule has 0 aromatic heterocycles. The Morgan fingerprint density at radius 3 is 2.22 bits per heavy atom. The molecule has 9 heteroatoms. The summed E-state index contributed by atoms with van der Waals surface area (Å²) in [4.78, 5) is 12.1. The van der Waals surface area contributed by atoms with Gasteiger partial charge in [-0.05, 0) is 23.3 Å². The van der Waals surface area contributed by atoms with Gasteiger partial charge in [0.05, 0.1) is 38.9 Å². The van der Waals surface area contributed by atoms with Crippen molar-refractivity contribution in [2.45, 2.75) is 29.3 Å². The first-order valence-electron chi connectivity index (χ1n) is 11.4. The van der Waals surface area contributed by atoms with E-state index in [2.05, 4.69) is 5.32 Å². The summed E-state index contributed by atoms with van der Waals surface area (Å²) >= 11 is 0. The monoisotopic (exact) mass is 492 g/mol. The maximum Gasteiger partial charge on any atom is 0.312 e. The minimum absolute atomic E-state index is 0.254. The summed E-state index contributed by atoms with van der Waals surface area (Å²) in [6, 6.07) is 17.7. The van der Waals surface area contributed by atoms with Gasteiger partial charge in [-0.2, -0.15) is 0 Å². The first kappa shape index (κ1) is 23.8. The van der Waals surface area contributed by atoms with Crippen LogP contribution in [0, 0.1) is 0 Å². The lowest BCUT2D eigenvalue weighted by Crippen LogP contribution is -2.52. The Morgan fingerprint density at radius 1 is 0.972 bits per heavy atom. The van der Waals surface area contributed by atoms with Gasteiger partial charge in [-0.3, -0.25) is 0 Å². The number of primary amides is 1. The number of ether oxygens (including phenoxy) is 4. The third-order valence-electron chi connectivity index (χ3n) is 7.27. The molecule has 1 saturated carbocycles. The second-order valence-corrected chi connectivity index (χ2v) is 8.90. The highest BCUT2D eigenvalue weighted by Gasteiger charge is 2.77. The number of hydrogen-bond donors (Lipinski definition) is 4. The maximum atomic E-state index is 12.7. The number of carbonyl (C=O) groups excluding carboxylic acids is 1. The van der Waals surface area contributed by atoms with Crippen molar-refractivity contribution in [3.8, 4) is 23.0 Å². The quantitative estimate of drug-likeness (QED) is 0.415. The van der Waals surface area contributed by atoms with Crippen LogP contribution in [-0.2, 0) is 11.2 Å². The van der Waals surface area contributed by atoms with Crippen molar-refractivity contribution >= 4 is 6.03 Å². The lowest BCUT2D eigenvalue weighted by atomic mass is 9.71. The van der Waals surface area contributed by atoms with Crippen molar-refractivity contribution in [3.63, 3.8) is 0 Å². The Bertz CT molecular complexity index is 1280. The van der Waals surface area contributed by atoms with Crippen LogP contribution in [0.2, 0.25) is 0 Å². The molecule has 0 saturated heterocycles. The van der Waals surface area contributed by atoms with Gasteiger partial charge in [-0.1, -0.05) is 42.5 Å². The molecule has 0 spiro atoms. The number of nitrogens with one attached hydrogen (secondary N) is 1. The predicted octanol–water partition coefficient (Wildman–Crippen LogP) is 2.38. The maximum absolute atomic E-state index is 12.7. The third-order valence-corrected chi connectivity index (χ3v) is 7.27. The third kappa shape index (κ3) is 3.13. The van der Waals surface area contributed by atoms with E-state index in [0.717, 1.165) is 5.56 Å². The van der Waals surface area contributed by atoms with Crippen molar-refractivity contribution in [1.29, 1.82) is 0 Å². The van der Waals surface area contributed by atoms with Crippen LogP contribution in [0.25, 0.3) is 0 Å². The SMILES string of the molecule is COc1ccc([C@@]23Oc4cc(OC)cc(OC)c4[C@]2(O)[C@H](O)[C@H](NC(N)=O)[C@H]3c2ccccc2)cc1. The fourth-order valence-corrected chi connectivity index (χ4v) is 5.83. The van der Waals surface area contributed by atoms with Crippen LogP contribution in [0.1, 0.15) is 22.6 Å². The van der Waals surface area contributed by atoms with Crippen LogP contribution >= 0.6 is 0 Å². The zero-order valence-corrected chi connectivity index (χ0v) is 20.1. The highest BCUT2D eigenvalue weighted by molar-refractivity contribution is 5.73. The van der Waals surface area contributed by atoms with E-state index in [9.17, 15) is 15.0 Å². The number of rotatable bonds is 6. The number of aliphatic hydroxyl groups is 2. The average Bonchev–Trinajstić information content (AvgIpc) is 3.26. The average molecular weight is 493 g/mol. The van der Waals surface area contributed by atoms with Crippen molar-refractivity contribution < 1.29 is 34.0 Å².